The van der Waals surface area contributed by atoms with E-state index < -0.39 is 6.10 Å². The van der Waals surface area contributed by atoms with Crippen LogP contribution < -0.4 is 15.4 Å². The molecule has 154 valence electrons. The van der Waals surface area contributed by atoms with Gasteiger partial charge in [0.1, 0.15) is 11.4 Å². The maximum absolute atomic E-state index is 11.6. The maximum Gasteiger partial charge on any atom is 0.262 e. The van der Waals surface area contributed by atoms with Crippen LogP contribution in [0.2, 0.25) is 0 Å². The molecule has 0 saturated heterocycles. The molecule has 1 unspecified atom stereocenters. The van der Waals surface area contributed by atoms with Crippen molar-refractivity contribution >= 4 is 11.6 Å². The Hall–Kier alpha value is -2.57. The molecule has 1 amide bonds. The molecule has 2 aromatic carbocycles. The predicted octanol–water partition coefficient (Wildman–Crippen LogP) is 3.05. The van der Waals surface area contributed by atoms with Crippen molar-refractivity contribution < 1.29 is 19.7 Å². The normalized spacial score (nSPS) is 17.9. The lowest BCUT2D eigenvalue weighted by atomic mass is 9.93. The first kappa shape index (κ1) is 19.7. The van der Waals surface area contributed by atoms with Crippen molar-refractivity contribution in [3.05, 3.63) is 52.1 Å². The second kappa shape index (κ2) is 7.35. The molecule has 6 heteroatoms. The standard InChI is InChI=1S/C23H28N2O4/c1-13-8-14(2)17(15(3)9-13)10-23(6-7-23)24-11-19(27)16-4-5-18(26)21-22(16)29-12-20(28)25-21/h4-5,8-9,19,24,26-27H,6-7,10-12H2,1-3H3,(H,25,28). The van der Waals surface area contributed by atoms with Crippen molar-refractivity contribution in [2.45, 2.75) is 51.7 Å². The van der Waals surface area contributed by atoms with E-state index >= 15 is 0 Å². The lowest BCUT2D eigenvalue weighted by molar-refractivity contribution is -0.118. The SMILES string of the molecule is Cc1cc(C)c(CC2(NCC(O)c3ccc(O)c4c3OCC(=O)N4)CC2)c(C)c1. The quantitative estimate of drug-likeness (QED) is 0.564. The van der Waals surface area contributed by atoms with Crippen LogP contribution >= 0.6 is 0 Å². The number of ether oxygens (including phenoxy) is 1. The Bertz CT molecular complexity index is 943. The fourth-order valence-corrected chi connectivity index (χ4v) is 4.26. The highest BCUT2D eigenvalue weighted by molar-refractivity contribution is 5.97. The van der Waals surface area contributed by atoms with E-state index in [0.29, 0.717) is 17.9 Å². The molecule has 0 bridgehead atoms. The second-order valence-electron chi connectivity index (χ2n) is 8.45. The number of β-amino-alcohol motifs (C(OH)–C–C–N with tert-alkyl or cyclic N) is 1. The number of fused-ring (bicyclic) bond motifs is 1. The third-order valence-electron chi connectivity index (χ3n) is 6.02. The van der Waals surface area contributed by atoms with Crippen molar-refractivity contribution in [1.29, 1.82) is 0 Å². The summed E-state index contributed by atoms with van der Waals surface area (Å²) in [6.07, 6.45) is 2.29. The molecule has 6 nitrogen and oxygen atoms in total. The first-order chi connectivity index (χ1) is 13.8. The summed E-state index contributed by atoms with van der Waals surface area (Å²) in [5.41, 5.74) is 6.08. The summed E-state index contributed by atoms with van der Waals surface area (Å²) in [6.45, 7) is 6.69. The van der Waals surface area contributed by atoms with Crippen LogP contribution in [0.3, 0.4) is 0 Å². The van der Waals surface area contributed by atoms with Crippen molar-refractivity contribution in [2.75, 3.05) is 18.5 Å². The zero-order chi connectivity index (χ0) is 20.8. The molecule has 1 fully saturated rings. The average molecular weight is 396 g/mol. The van der Waals surface area contributed by atoms with Gasteiger partial charge in [-0.2, -0.15) is 0 Å². The number of carbonyl (C=O) groups excluding carboxylic acids is 1. The number of anilines is 1. The minimum absolute atomic E-state index is 0.0117. The molecule has 1 aliphatic carbocycles. The van der Waals surface area contributed by atoms with Gasteiger partial charge in [-0.1, -0.05) is 17.7 Å². The number of hydrogen-bond donors (Lipinski definition) is 4. The summed E-state index contributed by atoms with van der Waals surface area (Å²) in [7, 11) is 0. The van der Waals surface area contributed by atoms with E-state index in [4.69, 9.17) is 4.74 Å². The van der Waals surface area contributed by atoms with Crippen LogP contribution in [0.4, 0.5) is 5.69 Å². The third-order valence-corrected chi connectivity index (χ3v) is 6.02. The second-order valence-corrected chi connectivity index (χ2v) is 8.45. The molecule has 4 N–H and O–H groups in total. The summed E-state index contributed by atoms with van der Waals surface area (Å²) >= 11 is 0. The van der Waals surface area contributed by atoms with Gasteiger partial charge >= 0.3 is 0 Å². The van der Waals surface area contributed by atoms with E-state index in [1.165, 1.54) is 28.3 Å². The highest BCUT2D eigenvalue weighted by atomic mass is 16.5. The lowest BCUT2D eigenvalue weighted by Crippen LogP contribution is -2.37. The number of aliphatic hydroxyl groups is 1. The number of carbonyl (C=O) groups is 1. The number of phenols is 1. The maximum atomic E-state index is 11.6. The Morgan fingerprint density at radius 3 is 2.55 bits per heavy atom. The summed E-state index contributed by atoms with van der Waals surface area (Å²) in [5, 5.41) is 27.0. The molecule has 4 rings (SSSR count). The molecule has 0 aromatic heterocycles. The Balaban J connectivity index is 1.47. The van der Waals surface area contributed by atoms with Crippen LogP contribution in [0.25, 0.3) is 0 Å². The van der Waals surface area contributed by atoms with E-state index in [9.17, 15) is 15.0 Å². The van der Waals surface area contributed by atoms with Crippen LogP contribution in [0.1, 0.15) is 46.8 Å². The molecular weight excluding hydrogens is 368 g/mol. The highest BCUT2D eigenvalue weighted by Gasteiger charge is 2.43. The van der Waals surface area contributed by atoms with Crippen LogP contribution in [-0.4, -0.2) is 34.8 Å². The Morgan fingerprint density at radius 2 is 1.90 bits per heavy atom. The molecule has 0 radical (unpaired) electrons. The number of aromatic hydroxyl groups is 1. The van der Waals surface area contributed by atoms with Crippen molar-refractivity contribution in [3.63, 3.8) is 0 Å². The lowest BCUT2D eigenvalue weighted by Gasteiger charge is -2.26. The van der Waals surface area contributed by atoms with Crippen LogP contribution in [0.5, 0.6) is 11.5 Å². The van der Waals surface area contributed by atoms with E-state index in [1.54, 1.807) is 6.07 Å². The molecule has 29 heavy (non-hydrogen) atoms. The molecule has 1 atom stereocenters. The topological polar surface area (TPSA) is 90.8 Å². The van der Waals surface area contributed by atoms with Crippen LogP contribution in [-0.2, 0) is 11.2 Å². The molecule has 0 spiro atoms. The van der Waals surface area contributed by atoms with Crippen LogP contribution in [0.15, 0.2) is 24.3 Å². The Labute approximate surface area is 170 Å². The number of aliphatic hydroxyl groups excluding tert-OH is 1. The van der Waals surface area contributed by atoms with Crippen molar-refractivity contribution in [3.8, 4) is 11.5 Å². The van der Waals surface area contributed by atoms with Crippen molar-refractivity contribution in [1.82, 2.24) is 5.32 Å². The molecule has 1 heterocycles. The molecular formula is C23H28N2O4. The van der Waals surface area contributed by atoms with Gasteiger partial charge in [0.2, 0.25) is 0 Å². The fourth-order valence-electron chi connectivity index (χ4n) is 4.26. The average Bonchev–Trinajstić information content (AvgIpc) is 3.43. The highest BCUT2D eigenvalue weighted by Crippen LogP contribution is 2.43. The van der Waals surface area contributed by atoms with Gasteiger partial charge in [0.25, 0.3) is 5.91 Å². The zero-order valence-corrected chi connectivity index (χ0v) is 17.1. The van der Waals surface area contributed by atoms with E-state index in [1.807, 2.05) is 0 Å². The fraction of sp³-hybridized carbons (Fsp3) is 0.435. The first-order valence-electron chi connectivity index (χ1n) is 10.1. The summed E-state index contributed by atoms with van der Waals surface area (Å²) < 4.78 is 5.49. The number of phenolic OH excluding ortho intramolecular Hbond substituents is 1. The van der Waals surface area contributed by atoms with Gasteiger partial charge in [0, 0.05) is 17.6 Å². The minimum atomic E-state index is -0.808. The van der Waals surface area contributed by atoms with E-state index in [2.05, 4.69) is 43.5 Å². The number of rotatable bonds is 6. The molecule has 2 aliphatic rings. The summed E-state index contributed by atoms with van der Waals surface area (Å²) in [4.78, 5) is 11.6. The number of benzene rings is 2. The predicted molar refractivity (Wildman–Crippen MR) is 112 cm³/mol. The van der Waals surface area contributed by atoms with E-state index in [0.717, 1.165) is 19.3 Å². The first-order valence-corrected chi connectivity index (χ1v) is 10.1. The van der Waals surface area contributed by atoms with Gasteiger partial charge in [0.05, 0.1) is 6.10 Å². The van der Waals surface area contributed by atoms with Crippen LogP contribution in [0, 0.1) is 20.8 Å². The van der Waals surface area contributed by atoms with Gasteiger partial charge in [-0.15, -0.1) is 0 Å². The van der Waals surface area contributed by atoms with Crippen molar-refractivity contribution in [2.24, 2.45) is 0 Å². The molecule has 1 saturated carbocycles. The van der Waals surface area contributed by atoms with Gasteiger partial charge in [-0.25, -0.2) is 0 Å². The number of hydrogen-bond acceptors (Lipinski definition) is 5. The van der Waals surface area contributed by atoms with Gasteiger partial charge in [0.15, 0.2) is 12.4 Å². The van der Waals surface area contributed by atoms with Gasteiger partial charge < -0.3 is 25.6 Å². The Morgan fingerprint density at radius 1 is 1.21 bits per heavy atom. The zero-order valence-electron chi connectivity index (χ0n) is 17.1. The number of aryl methyl sites for hydroxylation is 3. The van der Waals surface area contributed by atoms with Gasteiger partial charge in [-0.05, 0) is 68.9 Å². The molecule has 2 aromatic rings. The van der Waals surface area contributed by atoms with Gasteiger partial charge in [-0.3, -0.25) is 4.79 Å². The minimum Gasteiger partial charge on any atom is -0.506 e. The third kappa shape index (κ3) is 3.95. The number of nitrogens with one attached hydrogen (secondary N) is 2. The summed E-state index contributed by atoms with van der Waals surface area (Å²) in [5.74, 6) is -0.0479. The Kier molecular flexibility index (Phi) is 5.00. The monoisotopic (exact) mass is 396 g/mol. The molecule has 1 aliphatic heterocycles. The number of amides is 1. The summed E-state index contributed by atoms with van der Waals surface area (Å²) in [6, 6.07) is 7.56. The largest absolute Gasteiger partial charge is 0.506 e. The van der Waals surface area contributed by atoms with E-state index in [-0.39, 0.29) is 29.5 Å². The smallest absolute Gasteiger partial charge is 0.262 e.